The molecule has 2 bridgehead atoms. The van der Waals surface area contributed by atoms with Gasteiger partial charge in [0.05, 0.1) is 18.6 Å². The Labute approximate surface area is 147 Å². The second-order valence-corrected chi connectivity index (χ2v) is 7.61. The first kappa shape index (κ1) is 16.3. The SMILES string of the molecule is CC(C)CN1C[C@@]23C=C[C@H](O2)[C@@H](C(=O)OCc2ccccc2)[C@@H]3C1=O. The lowest BCUT2D eigenvalue weighted by Crippen LogP contribution is -2.40. The predicted octanol–water partition coefficient (Wildman–Crippen LogP) is 2.17. The molecule has 132 valence electrons. The monoisotopic (exact) mass is 341 g/mol. The molecular weight excluding hydrogens is 318 g/mol. The highest BCUT2D eigenvalue weighted by Crippen LogP contribution is 2.52. The average molecular weight is 341 g/mol. The van der Waals surface area contributed by atoms with Crippen molar-refractivity contribution in [1.82, 2.24) is 4.90 Å². The summed E-state index contributed by atoms with van der Waals surface area (Å²) in [6.45, 7) is 5.60. The fraction of sp³-hybridized carbons (Fsp3) is 0.500. The van der Waals surface area contributed by atoms with E-state index in [4.69, 9.17) is 9.47 Å². The summed E-state index contributed by atoms with van der Waals surface area (Å²) in [5.74, 6) is -0.946. The first-order valence-corrected chi connectivity index (χ1v) is 8.87. The Kier molecular flexibility index (Phi) is 3.91. The van der Waals surface area contributed by atoms with Gasteiger partial charge in [-0.25, -0.2) is 0 Å². The molecule has 1 amide bonds. The molecule has 0 aromatic heterocycles. The van der Waals surface area contributed by atoms with Crippen molar-refractivity contribution in [2.45, 2.75) is 32.2 Å². The van der Waals surface area contributed by atoms with Crippen LogP contribution in [0.4, 0.5) is 0 Å². The molecule has 0 saturated carbocycles. The standard InChI is InChI=1S/C20H23NO4/c1-13(2)10-21-12-20-9-8-15(25-20)16(17(20)18(21)22)19(23)24-11-14-6-4-3-5-7-14/h3-9,13,15-17H,10-12H2,1-2H3/t15-,16+,17+,20+/m0/s1. The summed E-state index contributed by atoms with van der Waals surface area (Å²) in [5, 5.41) is 0. The van der Waals surface area contributed by atoms with E-state index in [0.717, 1.165) is 5.56 Å². The van der Waals surface area contributed by atoms with E-state index in [-0.39, 0.29) is 24.6 Å². The highest BCUT2D eigenvalue weighted by Gasteiger charge is 2.67. The molecule has 3 heterocycles. The lowest BCUT2D eigenvalue weighted by atomic mass is 9.77. The summed E-state index contributed by atoms with van der Waals surface area (Å²) in [7, 11) is 0. The van der Waals surface area contributed by atoms with Gasteiger partial charge in [0, 0.05) is 6.54 Å². The number of hydrogen-bond donors (Lipinski definition) is 0. The maximum atomic E-state index is 12.9. The van der Waals surface area contributed by atoms with Crippen LogP contribution in [-0.2, 0) is 25.7 Å². The number of ether oxygens (including phenoxy) is 2. The van der Waals surface area contributed by atoms with Gasteiger partial charge in [-0.15, -0.1) is 0 Å². The first-order chi connectivity index (χ1) is 12.0. The van der Waals surface area contributed by atoms with E-state index in [1.54, 1.807) is 0 Å². The van der Waals surface area contributed by atoms with Gasteiger partial charge in [-0.05, 0) is 11.5 Å². The summed E-state index contributed by atoms with van der Waals surface area (Å²) in [4.78, 5) is 27.4. The minimum atomic E-state index is -0.646. The highest BCUT2D eigenvalue weighted by molar-refractivity contribution is 5.91. The lowest BCUT2D eigenvalue weighted by molar-refractivity contribution is -0.155. The van der Waals surface area contributed by atoms with E-state index >= 15 is 0 Å². The Morgan fingerprint density at radius 1 is 1.36 bits per heavy atom. The molecule has 2 fully saturated rings. The number of amides is 1. The number of hydrogen-bond acceptors (Lipinski definition) is 4. The number of carbonyl (C=O) groups excluding carboxylic acids is 2. The smallest absolute Gasteiger partial charge is 0.313 e. The van der Waals surface area contributed by atoms with Gasteiger partial charge < -0.3 is 14.4 Å². The molecule has 0 aliphatic carbocycles. The van der Waals surface area contributed by atoms with Crippen LogP contribution in [0.1, 0.15) is 19.4 Å². The number of benzene rings is 1. The highest BCUT2D eigenvalue weighted by atomic mass is 16.6. The number of fused-ring (bicyclic) bond motifs is 1. The van der Waals surface area contributed by atoms with E-state index in [9.17, 15) is 9.59 Å². The predicted molar refractivity (Wildman–Crippen MR) is 91.4 cm³/mol. The van der Waals surface area contributed by atoms with Crippen molar-refractivity contribution in [2.75, 3.05) is 13.1 Å². The van der Waals surface area contributed by atoms with Crippen molar-refractivity contribution in [3.63, 3.8) is 0 Å². The van der Waals surface area contributed by atoms with Crippen molar-refractivity contribution in [3.05, 3.63) is 48.0 Å². The second-order valence-electron chi connectivity index (χ2n) is 7.61. The average Bonchev–Trinajstić information content (AvgIpc) is 3.22. The van der Waals surface area contributed by atoms with Gasteiger partial charge in [0.2, 0.25) is 5.91 Å². The fourth-order valence-electron chi connectivity index (χ4n) is 4.27. The number of nitrogens with zero attached hydrogens (tertiary/aromatic N) is 1. The Morgan fingerprint density at radius 3 is 2.84 bits per heavy atom. The third-order valence-electron chi connectivity index (χ3n) is 5.26. The molecule has 3 aliphatic rings. The van der Waals surface area contributed by atoms with E-state index in [1.807, 2.05) is 47.4 Å². The van der Waals surface area contributed by atoms with E-state index in [2.05, 4.69) is 13.8 Å². The van der Waals surface area contributed by atoms with Crippen molar-refractivity contribution >= 4 is 11.9 Å². The molecule has 1 spiro atoms. The van der Waals surface area contributed by atoms with Crippen LogP contribution in [0.3, 0.4) is 0 Å². The van der Waals surface area contributed by atoms with E-state index in [1.165, 1.54) is 0 Å². The van der Waals surface area contributed by atoms with Crippen LogP contribution in [0, 0.1) is 17.8 Å². The van der Waals surface area contributed by atoms with Gasteiger partial charge in [-0.2, -0.15) is 0 Å². The minimum absolute atomic E-state index is 0.0159. The molecular formula is C20H23NO4. The van der Waals surface area contributed by atoms with E-state index in [0.29, 0.717) is 19.0 Å². The number of rotatable bonds is 5. The third kappa shape index (κ3) is 2.67. The second kappa shape index (κ2) is 5.99. The molecule has 0 radical (unpaired) electrons. The summed E-state index contributed by atoms with van der Waals surface area (Å²) in [6.07, 6.45) is 3.54. The van der Waals surface area contributed by atoms with Gasteiger partial charge in [-0.1, -0.05) is 56.3 Å². The van der Waals surface area contributed by atoms with Crippen molar-refractivity contribution in [3.8, 4) is 0 Å². The quantitative estimate of drug-likeness (QED) is 0.608. The molecule has 2 saturated heterocycles. The molecule has 0 N–H and O–H groups in total. The third-order valence-corrected chi connectivity index (χ3v) is 5.26. The summed E-state index contributed by atoms with van der Waals surface area (Å²) in [5.41, 5.74) is 0.289. The van der Waals surface area contributed by atoms with Gasteiger partial charge in [-0.3, -0.25) is 9.59 Å². The molecule has 25 heavy (non-hydrogen) atoms. The Morgan fingerprint density at radius 2 is 2.12 bits per heavy atom. The largest absolute Gasteiger partial charge is 0.460 e. The van der Waals surface area contributed by atoms with Crippen LogP contribution in [0.2, 0.25) is 0 Å². The van der Waals surface area contributed by atoms with Crippen LogP contribution < -0.4 is 0 Å². The molecule has 3 aliphatic heterocycles. The summed E-state index contributed by atoms with van der Waals surface area (Å²) >= 11 is 0. The van der Waals surface area contributed by atoms with Crippen molar-refractivity contribution < 1.29 is 19.1 Å². The first-order valence-electron chi connectivity index (χ1n) is 8.87. The molecule has 0 unspecified atom stereocenters. The minimum Gasteiger partial charge on any atom is -0.460 e. The molecule has 1 aromatic rings. The Bertz CT molecular complexity index is 714. The van der Waals surface area contributed by atoms with Gasteiger partial charge >= 0.3 is 5.97 Å². The van der Waals surface area contributed by atoms with Gasteiger partial charge in [0.25, 0.3) is 0 Å². The number of esters is 1. The fourth-order valence-corrected chi connectivity index (χ4v) is 4.27. The van der Waals surface area contributed by atoms with Crippen LogP contribution >= 0.6 is 0 Å². The Balaban J connectivity index is 1.50. The number of carbonyl (C=O) groups is 2. The molecule has 4 atom stereocenters. The van der Waals surface area contributed by atoms with Gasteiger partial charge in [0.15, 0.2) is 0 Å². The molecule has 1 aromatic carbocycles. The van der Waals surface area contributed by atoms with Crippen LogP contribution in [0.25, 0.3) is 0 Å². The van der Waals surface area contributed by atoms with Crippen LogP contribution in [0.5, 0.6) is 0 Å². The van der Waals surface area contributed by atoms with Crippen LogP contribution in [-0.4, -0.2) is 41.6 Å². The normalized spacial score (nSPS) is 32.5. The summed E-state index contributed by atoms with van der Waals surface area (Å²) < 4.78 is 11.6. The number of likely N-dealkylation sites (tertiary alicyclic amines) is 1. The van der Waals surface area contributed by atoms with Crippen molar-refractivity contribution in [1.29, 1.82) is 0 Å². The zero-order valence-electron chi connectivity index (χ0n) is 14.6. The maximum absolute atomic E-state index is 12.9. The molecule has 4 rings (SSSR count). The van der Waals surface area contributed by atoms with E-state index < -0.39 is 17.4 Å². The maximum Gasteiger partial charge on any atom is 0.313 e. The summed E-state index contributed by atoms with van der Waals surface area (Å²) in [6, 6.07) is 9.57. The van der Waals surface area contributed by atoms with Gasteiger partial charge in [0.1, 0.15) is 18.1 Å². The lowest BCUT2D eigenvalue weighted by Gasteiger charge is -2.23. The molecule has 5 nitrogen and oxygen atoms in total. The zero-order valence-corrected chi connectivity index (χ0v) is 14.6. The van der Waals surface area contributed by atoms with Crippen molar-refractivity contribution in [2.24, 2.45) is 17.8 Å². The molecule has 5 heteroatoms. The Hall–Kier alpha value is -2.14. The topological polar surface area (TPSA) is 55.8 Å². The van der Waals surface area contributed by atoms with Crippen LogP contribution in [0.15, 0.2) is 42.5 Å². The zero-order chi connectivity index (χ0) is 17.6.